The Bertz CT molecular complexity index is 1020. The van der Waals surface area contributed by atoms with Gasteiger partial charge in [-0.3, -0.25) is 4.98 Å². The Balaban J connectivity index is 1.90. The Hall–Kier alpha value is -2.83. The van der Waals surface area contributed by atoms with Gasteiger partial charge in [-0.1, -0.05) is 18.2 Å². The lowest BCUT2D eigenvalue weighted by atomic mass is 10.0. The van der Waals surface area contributed by atoms with Gasteiger partial charge < -0.3 is 10.5 Å². The SMILES string of the molecule is COc1cccc(-c2csc3ncnc(C(N)c4ccccn4)c23)c1. The van der Waals surface area contributed by atoms with Crippen LogP contribution in [0.25, 0.3) is 21.3 Å². The molecule has 4 aromatic rings. The number of hydrogen-bond donors (Lipinski definition) is 1. The van der Waals surface area contributed by atoms with Gasteiger partial charge in [0.25, 0.3) is 0 Å². The summed E-state index contributed by atoms with van der Waals surface area (Å²) in [7, 11) is 1.66. The van der Waals surface area contributed by atoms with Gasteiger partial charge in [-0.05, 0) is 29.8 Å². The molecule has 124 valence electrons. The van der Waals surface area contributed by atoms with Crippen molar-refractivity contribution in [3.05, 3.63) is 71.8 Å². The van der Waals surface area contributed by atoms with E-state index >= 15 is 0 Å². The summed E-state index contributed by atoms with van der Waals surface area (Å²) in [6, 6.07) is 13.3. The van der Waals surface area contributed by atoms with Gasteiger partial charge in [-0.15, -0.1) is 11.3 Å². The molecule has 1 aromatic carbocycles. The van der Waals surface area contributed by atoms with Crippen molar-refractivity contribution in [2.75, 3.05) is 7.11 Å². The minimum Gasteiger partial charge on any atom is -0.497 e. The molecule has 0 saturated heterocycles. The normalized spacial score (nSPS) is 12.2. The maximum Gasteiger partial charge on any atom is 0.127 e. The van der Waals surface area contributed by atoms with Crippen LogP contribution in [0.3, 0.4) is 0 Å². The highest BCUT2D eigenvalue weighted by Crippen LogP contribution is 2.37. The fourth-order valence-electron chi connectivity index (χ4n) is 2.84. The number of nitrogens with zero attached hydrogens (tertiary/aromatic N) is 3. The molecule has 3 aromatic heterocycles. The smallest absolute Gasteiger partial charge is 0.127 e. The van der Waals surface area contributed by atoms with E-state index in [1.165, 1.54) is 0 Å². The molecule has 0 aliphatic heterocycles. The van der Waals surface area contributed by atoms with Crippen LogP contribution in [-0.4, -0.2) is 22.1 Å². The van der Waals surface area contributed by atoms with E-state index in [0.29, 0.717) is 0 Å². The van der Waals surface area contributed by atoms with Gasteiger partial charge in [0, 0.05) is 22.5 Å². The van der Waals surface area contributed by atoms with Crippen molar-refractivity contribution < 1.29 is 4.74 Å². The first kappa shape index (κ1) is 15.7. The maximum absolute atomic E-state index is 6.47. The zero-order valence-electron chi connectivity index (χ0n) is 13.6. The molecule has 3 heterocycles. The molecule has 5 nitrogen and oxygen atoms in total. The van der Waals surface area contributed by atoms with Crippen LogP contribution in [0.5, 0.6) is 5.75 Å². The van der Waals surface area contributed by atoms with Gasteiger partial charge in [0.15, 0.2) is 0 Å². The highest BCUT2D eigenvalue weighted by molar-refractivity contribution is 7.17. The number of nitrogens with two attached hydrogens (primary N) is 1. The summed E-state index contributed by atoms with van der Waals surface area (Å²) >= 11 is 1.58. The van der Waals surface area contributed by atoms with Crippen molar-refractivity contribution >= 4 is 21.6 Å². The van der Waals surface area contributed by atoms with Crippen LogP contribution in [0.4, 0.5) is 0 Å². The summed E-state index contributed by atoms with van der Waals surface area (Å²) in [5.41, 5.74) is 10.1. The van der Waals surface area contributed by atoms with E-state index in [4.69, 9.17) is 10.5 Å². The molecular weight excluding hydrogens is 332 g/mol. The molecule has 4 rings (SSSR count). The molecule has 25 heavy (non-hydrogen) atoms. The second kappa shape index (κ2) is 6.58. The lowest BCUT2D eigenvalue weighted by Crippen LogP contribution is -2.15. The highest BCUT2D eigenvalue weighted by atomic mass is 32.1. The minimum atomic E-state index is -0.411. The third-order valence-electron chi connectivity index (χ3n) is 4.08. The van der Waals surface area contributed by atoms with E-state index in [9.17, 15) is 0 Å². The molecule has 6 heteroatoms. The highest BCUT2D eigenvalue weighted by Gasteiger charge is 2.20. The number of rotatable bonds is 4. The molecule has 0 radical (unpaired) electrons. The second-order valence-electron chi connectivity index (χ2n) is 5.55. The fraction of sp³-hybridized carbons (Fsp3) is 0.105. The molecule has 0 fully saturated rings. The van der Waals surface area contributed by atoms with Crippen LogP contribution < -0.4 is 10.5 Å². The Morgan fingerprint density at radius 3 is 2.80 bits per heavy atom. The van der Waals surface area contributed by atoms with Gasteiger partial charge in [0.2, 0.25) is 0 Å². The maximum atomic E-state index is 6.47. The molecule has 0 amide bonds. The van der Waals surface area contributed by atoms with Crippen molar-refractivity contribution in [3.63, 3.8) is 0 Å². The predicted molar refractivity (Wildman–Crippen MR) is 99.7 cm³/mol. The van der Waals surface area contributed by atoms with E-state index in [1.807, 2.05) is 42.5 Å². The van der Waals surface area contributed by atoms with E-state index < -0.39 is 6.04 Å². The molecular formula is C19H16N4OS. The lowest BCUT2D eigenvalue weighted by molar-refractivity contribution is 0.415. The average molecular weight is 348 g/mol. The Morgan fingerprint density at radius 1 is 1.08 bits per heavy atom. The van der Waals surface area contributed by atoms with E-state index in [2.05, 4.69) is 20.3 Å². The van der Waals surface area contributed by atoms with Gasteiger partial charge in [-0.25, -0.2) is 9.97 Å². The molecule has 1 unspecified atom stereocenters. The molecule has 0 spiro atoms. The summed E-state index contributed by atoms with van der Waals surface area (Å²) in [5, 5.41) is 3.06. The summed E-state index contributed by atoms with van der Waals surface area (Å²) < 4.78 is 5.35. The van der Waals surface area contributed by atoms with Gasteiger partial charge in [0.05, 0.1) is 24.5 Å². The zero-order valence-corrected chi connectivity index (χ0v) is 14.4. The second-order valence-corrected chi connectivity index (χ2v) is 6.41. The standard InChI is InChI=1S/C19H16N4OS/c1-24-13-6-4-5-12(9-13)14-10-25-19-16(14)18(22-11-23-19)17(20)15-7-2-3-8-21-15/h2-11,17H,20H2,1H3. The van der Waals surface area contributed by atoms with Crippen LogP contribution in [0.2, 0.25) is 0 Å². The number of ether oxygens (including phenoxy) is 1. The number of aromatic nitrogens is 3. The first-order chi connectivity index (χ1) is 12.3. The zero-order chi connectivity index (χ0) is 17.2. The van der Waals surface area contributed by atoms with Gasteiger partial charge >= 0.3 is 0 Å². The van der Waals surface area contributed by atoms with Crippen molar-refractivity contribution in [3.8, 4) is 16.9 Å². The molecule has 2 N–H and O–H groups in total. The minimum absolute atomic E-state index is 0.411. The lowest BCUT2D eigenvalue weighted by Gasteiger charge is -2.13. The number of thiophene rings is 1. The van der Waals surface area contributed by atoms with Gasteiger partial charge in [0.1, 0.15) is 16.9 Å². The number of methoxy groups -OCH3 is 1. The Labute approximate surface area is 149 Å². The van der Waals surface area contributed by atoms with Crippen LogP contribution in [0.15, 0.2) is 60.4 Å². The van der Waals surface area contributed by atoms with Crippen LogP contribution in [0, 0.1) is 0 Å². The summed E-state index contributed by atoms with van der Waals surface area (Å²) in [4.78, 5) is 14.2. The Morgan fingerprint density at radius 2 is 2.00 bits per heavy atom. The first-order valence-corrected chi connectivity index (χ1v) is 8.69. The van der Waals surface area contributed by atoms with E-state index in [0.717, 1.165) is 38.5 Å². The van der Waals surface area contributed by atoms with E-state index in [1.54, 1.807) is 31.0 Å². The van der Waals surface area contributed by atoms with Crippen molar-refractivity contribution in [1.82, 2.24) is 15.0 Å². The summed E-state index contributed by atoms with van der Waals surface area (Å²) in [5.74, 6) is 0.810. The third-order valence-corrected chi connectivity index (χ3v) is 4.97. The topological polar surface area (TPSA) is 73.9 Å². The third kappa shape index (κ3) is 2.86. The number of fused-ring (bicyclic) bond motifs is 1. The van der Waals surface area contributed by atoms with Crippen LogP contribution in [-0.2, 0) is 0 Å². The summed E-state index contributed by atoms with van der Waals surface area (Å²) in [6.07, 6.45) is 3.30. The molecule has 1 atom stereocenters. The first-order valence-electron chi connectivity index (χ1n) is 7.81. The molecule has 0 aliphatic carbocycles. The number of pyridine rings is 1. The number of hydrogen-bond acceptors (Lipinski definition) is 6. The van der Waals surface area contributed by atoms with Gasteiger partial charge in [-0.2, -0.15) is 0 Å². The molecule has 0 aliphatic rings. The quantitative estimate of drug-likeness (QED) is 0.607. The number of benzene rings is 1. The summed E-state index contributed by atoms with van der Waals surface area (Å²) in [6.45, 7) is 0. The predicted octanol–water partition coefficient (Wildman–Crippen LogP) is 3.81. The fourth-order valence-corrected chi connectivity index (χ4v) is 3.76. The van der Waals surface area contributed by atoms with Crippen LogP contribution >= 0.6 is 11.3 Å². The molecule has 0 bridgehead atoms. The van der Waals surface area contributed by atoms with Crippen LogP contribution in [0.1, 0.15) is 17.4 Å². The monoisotopic (exact) mass is 348 g/mol. The Kier molecular flexibility index (Phi) is 4.13. The van der Waals surface area contributed by atoms with Crippen molar-refractivity contribution in [2.45, 2.75) is 6.04 Å². The van der Waals surface area contributed by atoms with E-state index in [-0.39, 0.29) is 0 Å². The molecule has 0 saturated carbocycles. The van der Waals surface area contributed by atoms with Crippen molar-refractivity contribution in [1.29, 1.82) is 0 Å². The largest absolute Gasteiger partial charge is 0.497 e. The average Bonchev–Trinajstić information content (AvgIpc) is 3.12. The van der Waals surface area contributed by atoms with Crippen molar-refractivity contribution in [2.24, 2.45) is 5.73 Å².